The molecule has 5 atom stereocenters. The highest BCUT2D eigenvalue weighted by molar-refractivity contribution is 6.74. The second kappa shape index (κ2) is 5.46. The molecule has 0 amide bonds. The third-order valence-electron chi connectivity index (χ3n) is 5.92. The molecule has 0 bridgehead atoms. The number of hydrogen-bond acceptors (Lipinski definition) is 4. The van der Waals surface area contributed by atoms with E-state index in [9.17, 15) is 15.3 Å². The maximum absolute atomic E-state index is 10.3. The molecule has 0 radical (unpaired) electrons. The summed E-state index contributed by atoms with van der Waals surface area (Å²) >= 11 is 0. The predicted octanol–water partition coefficient (Wildman–Crippen LogP) is 2.06. The molecule has 1 saturated carbocycles. The summed E-state index contributed by atoms with van der Waals surface area (Å²) in [4.78, 5) is 0. The van der Waals surface area contributed by atoms with Crippen LogP contribution < -0.4 is 0 Å². The summed E-state index contributed by atoms with van der Waals surface area (Å²) in [7, 11) is -1.89. The zero-order chi connectivity index (χ0) is 16.1. The van der Waals surface area contributed by atoms with Crippen molar-refractivity contribution in [1.29, 1.82) is 0 Å². The third-order valence-corrected chi connectivity index (χ3v) is 10.5. The topological polar surface area (TPSA) is 69.9 Å². The van der Waals surface area contributed by atoms with Gasteiger partial charge in [0.05, 0.1) is 18.8 Å². The van der Waals surface area contributed by atoms with Gasteiger partial charge in [0.1, 0.15) is 0 Å². The van der Waals surface area contributed by atoms with E-state index >= 15 is 0 Å². The summed E-state index contributed by atoms with van der Waals surface area (Å²) < 4.78 is 6.46. The summed E-state index contributed by atoms with van der Waals surface area (Å²) in [6, 6.07) is 0. The van der Waals surface area contributed by atoms with E-state index in [4.69, 9.17) is 4.43 Å². The summed E-state index contributed by atoms with van der Waals surface area (Å²) in [6.07, 6.45) is 3.29. The van der Waals surface area contributed by atoms with E-state index in [-0.39, 0.29) is 23.7 Å². The Morgan fingerprint density at radius 1 is 1.24 bits per heavy atom. The number of aliphatic hydroxyl groups is 3. The van der Waals surface area contributed by atoms with E-state index in [1.165, 1.54) is 0 Å². The number of hydrogen-bond donors (Lipinski definition) is 3. The first-order chi connectivity index (χ1) is 9.53. The van der Waals surface area contributed by atoms with Gasteiger partial charge in [-0.25, -0.2) is 0 Å². The van der Waals surface area contributed by atoms with Crippen molar-refractivity contribution < 1.29 is 19.7 Å². The van der Waals surface area contributed by atoms with E-state index < -0.39 is 25.9 Å². The first-order valence-corrected chi connectivity index (χ1v) is 10.8. The van der Waals surface area contributed by atoms with Crippen molar-refractivity contribution in [3.05, 3.63) is 12.2 Å². The molecule has 0 aromatic carbocycles. The second-order valence-corrected chi connectivity index (χ2v) is 13.0. The van der Waals surface area contributed by atoms with Gasteiger partial charge in [0, 0.05) is 17.4 Å². The fraction of sp³-hybridized carbons (Fsp3) is 0.875. The van der Waals surface area contributed by atoms with E-state index in [0.717, 1.165) is 0 Å². The van der Waals surface area contributed by atoms with Crippen molar-refractivity contribution in [2.75, 3.05) is 6.61 Å². The van der Waals surface area contributed by atoms with Gasteiger partial charge in [-0.15, -0.1) is 0 Å². The maximum atomic E-state index is 10.3. The fourth-order valence-corrected chi connectivity index (χ4v) is 4.87. The van der Waals surface area contributed by atoms with Gasteiger partial charge < -0.3 is 19.7 Å². The molecular weight excluding hydrogens is 284 g/mol. The van der Waals surface area contributed by atoms with Crippen LogP contribution in [0.1, 0.15) is 33.6 Å². The molecule has 0 saturated heterocycles. The summed E-state index contributed by atoms with van der Waals surface area (Å²) in [5.41, 5.74) is -0.652. The van der Waals surface area contributed by atoms with Crippen LogP contribution in [0, 0.1) is 11.3 Å². The normalized spacial score (nSPS) is 40.4. The molecular formula is C16H30O4Si. The summed E-state index contributed by atoms with van der Waals surface area (Å²) in [5.74, 6) is -0.128. The molecule has 2 rings (SSSR count). The first kappa shape index (κ1) is 17.2. The molecule has 122 valence electrons. The smallest absolute Gasteiger partial charge is 0.192 e. The molecule has 0 aromatic heterocycles. The molecule has 2 aliphatic carbocycles. The van der Waals surface area contributed by atoms with Crippen molar-refractivity contribution in [2.45, 2.75) is 70.1 Å². The van der Waals surface area contributed by atoms with Crippen LogP contribution in [0.3, 0.4) is 0 Å². The highest BCUT2D eigenvalue weighted by Crippen LogP contribution is 2.52. The van der Waals surface area contributed by atoms with E-state index in [0.29, 0.717) is 12.8 Å². The molecule has 0 aromatic rings. The zero-order valence-corrected chi connectivity index (χ0v) is 14.8. The second-order valence-electron chi connectivity index (χ2n) is 8.26. The van der Waals surface area contributed by atoms with Gasteiger partial charge in [-0.1, -0.05) is 32.9 Å². The standard InChI is InChI=1S/C16H30O4Si/c1-15(2,3)21(4,5)20-11-8-12-13(18)6-7-14(19)16(12,9-11)10-17/h6-7,11-14,17-19H,8-10H2,1-5H3/t11-,12+,13-,14+,16-/m0/s1. The van der Waals surface area contributed by atoms with Crippen LogP contribution in [0.2, 0.25) is 18.1 Å². The monoisotopic (exact) mass is 314 g/mol. The third kappa shape index (κ3) is 2.86. The Labute approximate surface area is 129 Å². The van der Waals surface area contributed by atoms with Crippen LogP contribution in [-0.4, -0.2) is 48.6 Å². The van der Waals surface area contributed by atoms with Gasteiger partial charge in [-0.3, -0.25) is 0 Å². The van der Waals surface area contributed by atoms with E-state index in [2.05, 4.69) is 33.9 Å². The molecule has 5 heteroatoms. The highest BCUT2D eigenvalue weighted by Gasteiger charge is 2.56. The van der Waals surface area contributed by atoms with Gasteiger partial charge in [0.2, 0.25) is 0 Å². The van der Waals surface area contributed by atoms with Gasteiger partial charge in [-0.2, -0.15) is 0 Å². The lowest BCUT2D eigenvalue weighted by molar-refractivity contribution is -0.0612. The minimum atomic E-state index is -1.89. The van der Waals surface area contributed by atoms with Crippen molar-refractivity contribution in [3.63, 3.8) is 0 Å². The SMILES string of the molecule is CC(C)(C)[Si](C)(C)O[C@H]1C[C@@H]2[C@@H](O)C=C[C@@H](O)[C@]2(CO)C1. The summed E-state index contributed by atoms with van der Waals surface area (Å²) in [5, 5.41) is 30.5. The van der Waals surface area contributed by atoms with Crippen molar-refractivity contribution in [2.24, 2.45) is 11.3 Å². The molecule has 21 heavy (non-hydrogen) atoms. The van der Waals surface area contributed by atoms with Crippen molar-refractivity contribution in [1.82, 2.24) is 0 Å². The van der Waals surface area contributed by atoms with E-state index in [1.807, 2.05) is 0 Å². The Bertz CT molecular complexity index is 415. The Balaban J connectivity index is 2.19. The number of aliphatic hydroxyl groups excluding tert-OH is 3. The Morgan fingerprint density at radius 3 is 2.33 bits per heavy atom. The molecule has 0 spiro atoms. The van der Waals surface area contributed by atoms with Crippen LogP contribution in [0.4, 0.5) is 0 Å². The van der Waals surface area contributed by atoms with Crippen LogP contribution in [-0.2, 0) is 4.43 Å². The lowest BCUT2D eigenvalue weighted by Gasteiger charge is -2.41. The predicted molar refractivity (Wildman–Crippen MR) is 85.5 cm³/mol. The molecule has 0 unspecified atom stereocenters. The molecule has 4 nitrogen and oxygen atoms in total. The van der Waals surface area contributed by atoms with Crippen LogP contribution >= 0.6 is 0 Å². The average molecular weight is 314 g/mol. The number of rotatable bonds is 3. The van der Waals surface area contributed by atoms with E-state index in [1.54, 1.807) is 12.2 Å². The number of fused-ring (bicyclic) bond motifs is 1. The van der Waals surface area contributed by atoms with Crippen molar-refractivity contribution >= 4 is 8.32 Å². The lowest BCUT2D eigenvalue weighted by Crippen LogP contribution is -2.48. The Hall–Kier alpha value is -0.203. The van der Waals surface area contributed by atoms with Gasteiger partial charge in [0.25, 0.3) is 0 Å². The Kier molecular flexibility index (Phi) is 4.46. The highest BCUT2D eigenvalue weighted by atomic mass is 28.4. The van der Waals surface area contributed by atoms with Gasteiger partial charge in [0.15, 0.2) is 8.32 Å². The summed E-state index contributed by atoms with van der Waals surface area (Å²) in [6.45, 7) is 10.9. The molecule has 0 aliphatic heterocycles. The minimum Gasteiger partial charge on any atom is -0.414 e. The minimum absolute atomic E-state index is 0.00671. The molecule has 2 aliphatic rings. The zero-order valence-electron chi connectivity index (χ0n) is 13.8. The molecule has 3 N–H and O–H groups in total. The first-order valence-electron chi connectivity index (χ1n) is 7.86. The van der Waals surface area contributed by atoms with Gasteiger partial charge >= 0.3 is 0 Å². The Morgan fingerprint density at radius 2 is 1.86 bits per heavy atom. The lowest BCUT2D eigenvalue weighted by atomic mass is 9.68. The average Bonchev–Trinajstić information content (AvgIpc) is 2.73. The van der Waals surface area contributed by atoms with Crippen LogP contribution in [0.5, 0.6) is 0 Å². The molecule has 1 fully saturated rings. The van der Waals surface area contributed by atoms with Crippen molar-refractivity contribution in [3.8, 4) is 0 Å². The maximum Gasteiger partial charge on any atom is 0.192 e. The quantitative estimate of drug-likeness (QED) is 0.551. The molecule has 0 heterocycles. The van der Waals surface area contributed by atoms with Gasteiger partial charge in [-0.05, 0) is 31.0 Å². The van der Waals surface area contributed by atoms with Crippen LogP contribution in [0.15, 0.2) is 12.2 Å². The van der Waals surface area contributed by atoms with Crippen LogP contribution in [0.25, 0.3) is 0 Å². The largest absolute Gasteiger partial charge is 0.414 e. The fourth-order valence-electron chi connectivity index (χ4n) is 3.50.